The molecule has 0 atom stereocenters. The summed E-state index contributed by atoms with van der Waals surface area (Å²) >= 11 is 0. The minimum Gasteiger partial charge on any atom is -0.0654 e. The Kier molecular flexibility index (Phi) is 15.0. The minimum absolute atomic E-state index is 1.36. The normalized spacial score (nSPS) is 16.9. The molecule has 0 bridgehead atoms. The Morgan fingerprint density at radius 3 is 0.875 bits per heavy atom. The standard InChI is InChI=1S/C8H16.C8H18/c1-2-4-6-8-7-5-3-1;1-3-5-7-8-6-4-2/h1-8H2;3-8H2,1-2H3. The largest absolute Gasteiger partial charge is 0.0654 e. The second-order valence-corrected chi connectivity index (χ2v) is 5.24. The summed E-state index contributed by atoms with van der Waals surface area (Å²) in [6.45, 7) is 4.51. The maximum atomic E-state index is 2.26. The average molecular weight is 226 g/mol. The lowest BCUT2D eigenvalue weighted by atomic mass is 10.0. The van der Waals surface area contributed by atoms with Gasteiger partial charge in [-0.1, -0.05) is 104 Å². The van der Waals surface area contributed by atoms with Gasteiger partial charge in [-0.25, -0.2) is 0 Å². The molecular formula is C16H34. The zero-order valence-electron chi connectivity index (χ0n) is 11.9. The molecule has 0 aromatic rings. The van der Waals surface area contributed by atoms with Gasteiger partial charge in [0.15, 0.2) is 0 Å². The van der Waals surface area contributed by atoms with Crippen molar-refractivity contribution in [3.05, 3.63) is 0 Å². The molecule has 0 heteroatoms. The van der Waals surface area contributed by atoms with E-state index in [4.69, 9.17) is 0 Å². The maximum Gasteiger partial charge on any atom is -0.0533 e. The molecule has 0 radical (unpaired) electrons. The number of rotatable bonds is 5. The van der Waals surface area contributed by atoms with E-state index in [1.54, 1.807) is 0 Å². The first kappa shape index (κ1) is 16.0. The second-order valence-electron chi connectivity index (χ2n) is 5.24. The summed E-state index contributed by atoms with van der Waals surface area (Å²) in [5.74, 6) is 0. The summed E-state index contributed by atoms with van der Waals surface area (Å²) < 4.78 is 0. The maximum absolute atomic E-state index is 2.26. The molecule has 0 aromatic carbocycles. The third-order valence-electron chi connectivity index (χ3n) is 3.46. The summed E-state index contributed by atoms with van der Waals surface area (Å²) in [6.07, 6.45) is 20.5. The van der Waals surface area contributed by atoms with E-state index in [0.29, 0.717) is 0 Å². The first-order valence-electron chi connectivity index (χ1n) is 7.91. The zero-order valence-corrected chi connectivity index (χ0v) is 11.9. The first-order valence-corrected chi connectivity index (χ1v) is 7.91. The van der Waals surface area contributed by atoms with Crippen molar-refractivity contribution in [2.24, 2.45) is 0 Å². The van der Waals surface area contributed by atoms with Gasteiger partial charge in [-0.05, 0) is 0 Å². The second kappa shape index (κ2) is 15.0. The third-order valence-corrected chi connectivity index (χ3v) is 3.46. The monoisotopic (exact) mass is 226 g/mol. The highest BCUT2D eigenvalue weighted by atomic mass is 14.0. The third kappa shape index (κ3) is 14.0. The molecule has 1 rings (SSSR count). The molecule has 1 saturated carbocycles. The molecular weight excluding hydrogens is 192 g/mol. The lowest BCUT2D eigenvalue weighted by Crippen LogP contribution is -1.85. The fourth-order valence-electron chi connectivity index (χ4n) is 2.27. The van der Waals surface area contributed by atoms with Crippen molar-refractivity contribution in [2.75, 3.05) is 0 Å². The highest BCUT2D eigenvalue weighted by Crippen LogP contribution is 2.15. The Hall–Kier alpha value is 0. The predicted molar refractivity (Wildman–Crippen MR) is 76.0 cm³/mol. The molecule has 16 heavy (non-hydrogen) atoms. The van der Waals surface area contributed by atoms with E-state index in [-0.39, 0.29) is 0 Å². The van der Waals surface area contributed by atoms with Gasteiger partial charge >= 0.3 is 0 Å². The molecule has 98 valence electrons. The lowest BCUT2D eigenvalue weighted by Gasteiger charge is -2.05. The van der Waals surface area contributed by atoms with Gasteiger partial charge in [0, 0.05) is 0 Å². The molecule has 0 aromatic heterocycles. The van der Waals surface area contributed by atoms with Crippen LogP contribution in [0, 0.1) is 0 Å². The average Bonchev–Trinajstić information content (AvgIpc) is 2.24. The Labute approximate surface area is 104 Å². The van der Waals surface area contributed by atoms with E-state index in [1.165, 1.54) is 89.9 Å². The van der Waals surface area contributed by atoms with E-state index >= 15 is 0 Å². The smallest absolute Gasteiger partial charge is 0.0533 e. The van der Waals surface area contributed by atoms with E-state index in [1.807, 2.05) is 0 Å². The summed E-state index contributed by atoms with van der Waals surface area (Å²) in [6, 6.07) is 0. The van der Waals surface area contributed by atoms with Crippen molar-refractivity contribution in [1.82, 2.24) is 0 Å². The van der Waals surface area contributed by atoms with E-state index in [0.717, 1.165) is 0 Å². The van der Waals surface area contributed by atoms with Gasteiger partial charge in [0.2, 0.25) is 0 Å². The topological polar surface area (TPSA) is 0 Å². The van der Waals surface area contributed by atoms with Crippen LogP contribution in [0.1, 0.15) is 104 Å². The van der Waals surface area contributed by atoms with Crippen LogP contribution in [-0.4, -0.2) is 0 Å². The molecule has 1 fully saturated rings. The van der Waals surface area contributed by atoms with Gasteiger partial charge in [-0.2, -0.15) is 0 Å². The van der Waals surface area contributed by atoms with Crippen LogP contribution in [0.2, 0.25) is 0 Å². The fourth-order valence-corrected chi connectivity index (χ4v) is 2.27. The fraction of sp³-hybridized carbons (Fsp3) is 1.00. The molecule has 1 aliphatic rings. The highest BCUT2D eigenvalue weighted by Gasteiger charge is 1.95. The highest BCUT2D eigenvalue weighted by molar-refractivity contribution is 4.51. The summed E-state index contributed by atoms with van der Waals surface area (Å²) in [4.78, 5) is 0. The van der Waals surface area contributed by atoms with Crippen molar-refractivity contribution in [3.63, 3.8) is 0 Å². The van der Waals surface area contributed by atoms with E-state index in [9.17, 15) is 0 Å². The molecule has 0 amide bonds. The van der Waals surface area contributed by atoms with Crippen LogP contribution in [0.5, 0.6) is 0 Å². The quantitative estimate of drug-likeness (QED) is 0.470. The van der Waals surface area contributed by atoms with Crippen molar-refractivity contribution in [2.45, 2.75) is 104 Å². The zero-order chi connectivity index (χ0) is 11.9. The van der Waals surface area contributed by atoms with Gasteiger partial charge < -0.3 is 0 Å². The molecule has 0 N–H and O–H groups in total. The van der Waals surface area contributed by atoms with Crippen LogP contribution in [0.25, 0.3) is 0 Å². The number of hydrogen-bond acceptors (Lipinski definition) is 0. The molecule has 0 unspecified atom stereocenters. The predicted octanol–water partition coefficient (Wildman–Crippen LogP) is 6.49. The summed E-state index contributed by atoms with van der Waals surface area (Å²) in [5.41, 5.74) is 0. The minimum atomic E-state index is 1.36. The summed E-state index contributed by atoms with van der Waals surface area (Å²) in [5, 5.41) is 0. The molecule has 0 saturated heterocycles. The molecule has 1 aliphatic carbocycles. The van der Waals surface area contributed by atoms with Crippen molar-refractivity contribution < 1.29 is 0 Å². The van der Waals surface area contributed by atoms with E-state index in [2.05, 4.69) is 13.8 Å². The molecule has 0 aliphatic heterocycles. The van der Waals surface area contributed by atoms with Gasteiger partial charge in [0.25, 0.3) is 0 Å². The lowest BCUT2D eigenvalue weighted by molar-refractivity contribution is 0.504. The van der Waals surface area contributed by atoms with Crippen LogP contribution in [0.3, 0.4) is 0 Å². The Morgan fingerprint density at radius 1 is 0.438 bits per heavy atom. The van der Waals surface area contributed by atoms with Gasteiger partial charge in [-0.15, -0.1) is 0 Å². The van der Waals surface area contributed by atoms with Gasteiger partial charge in [-0.3, -0.25) is 0 Å². The molecule has 0 heterocycles. The van der Waals surface area contributed by atoms with Crippen molar-refractivity contribution in [3.8, 4) is 0 Å². The number of hydrogen-bond donors (Lipinski definition) is 0. The number of unbranched alkanes of at least 4 members (excludes halogenated alkanes) is 5. The van der Waals surface area contributed by atoms with Crippen molar-refractivity contribution >= 4 is 0 Å². The molecule has 0 spiro atoms. The first-order chi connectivity index (χ1) is 7.91. The van der Waals surface area contributed by atoms with Gasteiger partial charge in [0.05, 0.1) is 0 Å². The summed E-state index contributed by atoms with van der Waals surface area (Å²) in [7, 11) is 0. The van der Waals surface area contributed by atoms with Crippen molar-refractivity contribution in [1.29, 1.82) is 0 Å². The Bertz CT molecular complexity index is 76.6. The van der Waals surface area contributed by atoms with Crippen LogP contribution < -0.4 is 0 Å². The van der Waals surface area contributed by atoms with E-state index < -0.39 is 0 Å². The van der Waals surface area contributed by atoms with Crippen LogP contribution >= 0.6 is 0 Å². The Morgan fingerprint density at radius 2 is 0.688 bits per heavy atom. The van der Waals surface area contributed by atoms with Crippen LogP contribution in [0.4, 0.5) is 0 Å². The van der Waals surface area contributed by atoms with Crippen LogP contribution in [0.15, 0.2) is 0 Å². The molecule has 0 nitrogen and oxygen atoms in total. The SMILES string of the molecule is C1CCCCCCC1.CCCCCCCC. The van der Waals surface area contributed by atoms with Crippen LogP contribution in [-0.2, 0) is 0 Å². The van der Waals surface area contributed by atoms with Gasteiger partial charge in [0.1, 0.15) is 0 Å². The Balaban J connectivity index is 0.000000281.